The molecular weight excluding hydrogens is 206 g/mol. The summed E-state index contributed by atoms with van der Waals surface area (Å²) in [5.41, 5.74) is 0. The van der Waals surface area contributed by atoms with Crippen LogP contribution in [0.15, 0.2) is 0 Å². The fourth-order valence-corrected chi connectivity index (χ4v) is 2.26. The van der Waals surface area contributed by atoms with E-state index in [-0.39, 0.29) is 12.1 Å². The Hall–Kier alpha value is -0.610. The number of carboxylic acids is 1. The molecule has 0 radical (unpaired) electrons. The molecule has 2 atom stereocenters. The number of hydrogen-bond donors (Lipinski definition) is 1. The highest BCUT2D eigenvalue weighted by atomic mass is 16.5. The summed E-state index contributed by atoms with van der Waals surface area (Å²) in [5.74, 6) is -0.710. The molecule has 1 heterocycles. The molecule has 0 saturated carbocycles. The molecule has 1 N–H and O–H groups in total. The van der Waals surface area contributed by atoms with Crippen molar-refractivity contribution >= 4 is 5.97 Å². The summed E-state index contributed by atoms with van der Waals surface area (Å²) in [6.45, 7) is 6.45. The van der Waals surface area contributed by atoms with Gasteiger partial charge in [-0.1, -0.05) is 13.8 Å². The second-order valence-corrected chi connectivity index (χ2v) is 4.39. The Morgan fingerprint density at radius 3 is 2.88 bits per heavy atom. The largest absolute Gasteiger partial charge is 0.480 e. The topological polar surface area (TPSA) is 49.8 Å². The van der Waals surface area contributed by atoms with E-state index in [1.807, 2.05) is 11.8 Å². The van der Waals surface area contributed by atoms with E-state index in [0.717, 1.165) is 39.0 Å². The van der Waals surface area contributed by atoms with Gasteiger partial charge >= 0.3 is 5.97 Å². The van der Waals surface area contributed by atoms with Crippen molar-refractivity contribution in [3.05, 3.63) is 0 Å². The zero-order valence-corrected chi connectivity index (χ0v) is 10.3. The summed E-state index contributed by atoms with van der Waals surface area (Å²) >= 11 is 0. The van der Waals surface area contributed by atoms with Crippen LogP contribution in [0.25, 0.3) is 0 Å². The number of hydrogen-bond acceptors (Lipinski definition) is 3. The average molecular weight is 229 g/mol. The van der Waals surface area contributed by atoms with E-state index in [2.05, 4.69) is 6.92 Å². The SMILES string of the molecule is CCCOC1CCCN(C(CC)C(=O)O)C1. The van der Waals surface area contributed by atoms with E-state index < -0.39 is 5.97 Å². The Balaban J connectivity index is 2.45. The Labute approximate surface area is 97.6 Å². The fourth-order valence-electron chi connectivity index (χ4n) is 2.26. The van der Waals surface area contributed by atoms with Crippen LogP contribution in [-0.2, 0) is 9.53 Å². The molecule has 0 aromatic carbocycles. The van der Waals surface area contributed by atoms with Crippen LogP contribution in [0.4, 0.5) is 0 Å². The number of carboxylic acid groups (broad SMARTS) is 1. The van der Waals surface area contributed by atoms with E-state index in [9.17, 15) is 4.79 Å². The Morgan fingerprint density at radius 1 is 1.56 bits per heavy atom. The van der Waals surface area contributed by atoms with Crippen LogP contribution in [0.1, 0.15) is 39.5 Å². The predicted molar refractivity (Wildman–Crippen MR) is 62.6 cm³/mol. The molecule has 0 spiro atoms. The van der Waals surface area contributed by atoms with Gasteiger partial charge in [0, 0.05) is 13.2 Å². The maximum Gasteiger partial charge on any atom is 0.320 e. The van der Waals surface area contributed by atoms with Gasteiger partial charge in [0.1, 0.15) is 6.04 Å². The lowest BCUT2D eigenvalue weighted by atomic mass is 10.0. The third-order valence-corrected chi connectivity index (χ3v) is 3.08. The normalized spacial score (nSPS) is 24.2. The molecule has 1 aliphatic heterocycles. The molecule has 0 amide bonds. The molecule has 2 unspecified atom stereocenters. The van der Waals surface area contributed by atoms with Crippen LogP contribution in [0, 0.1) is 0 Å². The molecule has 1 saturated heterocycles. The average Bonchev–Trinajstić information content (AvgIpc) is 2.27. The Morgan fingerprint density at radius 2 is 2.31 bits per heavy atom. The number of carbonyl (C=O) groups is 1. The molecule has 0 aromatic rings. The van der Waals surface area contributed by atoms with E-state index in [1.54, 1.807) is 0 Å². The number of likely N-dealkylation sites (tertiary alicyclic amines) is 1. The van der Waals surface area contributed by atoms with Crippen LogP contribution in [0.3, 0.4) is 0 Å². The maximum absolute atomic E-state index is 11.1. The molecule has 1 aliphatic rings. The molecule has 94 valence electrons. The van der Waals surface area contributed by atoms with E-state index in [0.29, 0.717) is 6.42 Å². The molecule has 0 aromatic heterocycles. The lowest BCUT2D eigenvalue weighted by Gasteiger charge is -2.35. The summed E-state index contributed by atoms with van der Waals surface area (Å²) in [5, 5.41) is 9.11. The van der Waals surface area contributed by atoms with Crippen LogP contribution >= 0.6 is 0 Å². The zero-order valence-electron chi connectivity index (χ0n) is 10.3. The fraction of sp³-hybridized carbons (Fsp3) is 0.917. The monoisotopic (exact) mass is 229 g/mol. The second kappa shape index (κ2) is 6.86. The molecular formula is C12H23NO3. The number of piperidine rings is 1. The highest BCUT2D eigenvalue weighted by molar-refractivity contribution is 5.73. The van der Waals surface area contributed by atoms with Gasteiger partial charge in [0.15, 0.2) is 0 Å². The standard InChI is InChI=1S/C12H23NO3/c1-3-8-16-10-6-5-7-13(9-10)11(4-2)12(14)15/h10-11H,3-9H2,1-2H3,(H,14,15). The minimum Gasteiger partial charge on any atom is -0.480 e. The van der Waals surface area contributed by atoms with Crippen LogP contribution in [0.5, 0.6) is 0 Å². The van der Waals surface area contributed by atoms with Gasteiger partial charge in [-0.2, -0.15) is 0 Å². The first-order chi connectivity index (χ1) is 7.69. The second-order valence-electron chi connectivity index (χ2n) is 4.39. The number of nitrogens with zero attached hydrogens (tertiary/aromatic N) is 1. The Bertz CT molecular complexity index is 220. The molecule has 16 heavy (non-hydrogen) atoms. The van der Waals surface area contributed by atoms with Crippen LogP contribution < -0.4 is 0 Å². The molecule has 0 bridgehead atoms. The van der Waals surface area contributed by atoms with Gasteiger partial charge in [0.2, 0.25) is 0 Å². The minimum absolute atomic E-state index is 0.224. The first-order valence-electron chi connectivity index (χ1n) is 6.27. The maximum atomic E-state index is 11.1. The van der Waals surface area contributed by atoms with Crippen molar-refractivity contribution < 1.29 is 14.6 Å². The highest BCUT2D eigenvalue weighted by Gasteiger charge is 2.29. The van der Waals surface area contributed by atoms with Gasteiger partial charge < -0.3 is 9.84 Å². The molecule has 1 fully saturated rings. The number of rotatable bonds is 6. The van der Waals surface area contributed by atoms with E-state index in [1.165, 1.54) is 0 Å². The van der Waals surface area contributed by atoms with Crippen LogP contribution in [-0.4, -0.2) is 47.8 Å². The van der Waals surface area contributed by atoms with Crippen molar-refractivity contribution in [3.63, 3.8) is 0 Å². The zero-order chi connectivity index (χ0) is 12.0. The van der Waals surface area contributed by atoms with Gasteiger partial charge in [0.05, 0.1) is 6.10 Å². The molecule has 0 aliphatic carbocycles. The molecule has 4 heteroatoms. The van der Waals surface area contributed by atoms with Crippen molar-refractivity contribution in [2.24, 2.45) is 0 Å². The van der Waals surface area contributed by atoms with E-state index in [4.69, 9.17) is 9.84 Å². The van der Waals surface area contributed by atoms with Gasteiger partial charge in [0.25, 0.3) is 0 Å². The minimum atomic E-state index is -0.710. The highest BCUT2D eigenvalue weighted by Crippen LogP contribution is 2.17. The smallest absolute Gasteiger partial charge is 0.320 e. The lowest BCUT2D eigenvalue weighted by Crippen LogP contribution is -2.48. The Kier molecular flexibility index (Phi) is 5.77. The quantitative estimate of drug-likeness (QED) is 0.753. The predicted octanol–water partition coefficient (Wildman–Crippen LogP) is 1.74. The van der Waals surface area contributed by atoms with Gasteiger partial charge in [-0.25, -0.2) is 0 Å². The first-order valence-corrected chi connectivity index (χ1v) is 6.27. The number of aliphatic carboxylic acids is 1. The van der Waals surface area contributed by atoms with Crippen molar-refractivity contribution in [3.8, 4) is 0 Å². The molecule has 4 nitrogen and oxygen atoms in total. The van der Waals surface area contributed by atoms with Gasteiger partial charge in [-0.15, -0.1) is 0 Å². The summed E-state index contributed by atoms with van der Waals surface area (Å²) in [6.07, 6.45) is 4.01. The third kappa shape index (κ3) is 3.76. The summed E-state index contributed by atoms with van der Waals surface area (Å²) in [4.78, 5) is 13.1. The van der Waals surface area contributed by atoms with Crippen molar-refractivity contribution in [1.82, 2.24) is 4.90 Å². The van der Waals surface area contributed by atoms with Crippen LogP contribution in [0.2, 0.25) is 0 Å². The summed E-state index contributed by atoms with van der Waals surface area (Å²) in [6, 6.07) is -0.340. The van der Waals surface area contributed by atoms with Crippen molar-refractivity contribution in [2.45, 2.75) is 51.7 Å². The third-order valence-electron chi connectivity index (χ3n) is 3.08. The van der Waals surface area contributed by atoms with E-state index >= 15 is 0 Å². The van der Waals surface area contributed by atoms with Gasteiger partial charge in [-0.05, 0) is 32.2 Å². The molecule has 1 rings (SSSR count). The summed E-state index contributed by atoms with van der Waals surface area (Å²) < 4.78 is 5.70. The first kappa shape index (κ1) is 13.5. The van der Waals surface area contributed by atoms with Gasteiger partial charge in [-0.3, -0.25) is 9.69 Å². The van der Waals surface area contributed by atoms with Crippen molar-refractivity contribution in [1.29, 1.82) is 0 Å². The lowest BCUT2D eigenvalue weighted by molar-refractivity contribution is -0.145. The number of ether oxygens (including phenoxy) is 1. The summed E-state index contributed by atoms with van der Waals surface area (Å²) in [7, 11) is 0. The van der Waals surface area contributed by atoms with Crippen molar-refractivity contribution in [2.75, 3.05) is 19.7 Å².